The Balaban J connectivity index is 1.70. The highest BCUT2D eigenvalue weighted by atomic mass is 32.1. The number of carbonyl (C=O) groups excluding carboxylic acids is 1. The zero-order chi connectivity index (χ0) is 17.2. The molecule has 0 saturated carbocycles. The molecule has 0 unspecified atom stereocenters. The van der Waals surface area contributed by atoms with Gasteiger partial charge in [0.15, 0.2) is 5.69 Å². The Hall–Kier alpha value is -2.13. The van der Waals surface area contributed by atoms with Gasteiger partial charge in [0.2, 0.25) is 0 Å². The standard InChI is InChI=1S/C15H14F3N3O2S/c16-15(17,18)13-12(24-9-19-13)14(22)20-10-1-3-11(4-2-10)21-5-7-23-8-6-21/h1-4,9H,5-8H2,(H,20,22). The van der Waals surface area contributed by atoms with Gasteiger partial charge in [-0.2, -0.15) is 13.2 Å². The van der Waals surface area contributed by atoms with Gasteiger partial charge in [0, 0.05) is 24.5 Å². The number of amides is 1. The van der Waals surface area contributed by atoms with Crippen LogP contribution < -0.4 is 10.2 Å². The first kappa shape index (κ1) is 16.7. The number of nitrogens with one attached hydrogen (secondary N) is 1. The van der Waals surface area contributed by atoms with E-state index < -0.39 is 22.7 Å². The summed E-state index contributed by atoms with van der Waals surface area (Å²) in [5, 5.41) is 2.48. The molecule has 2 heterocycles. The van der Waals surface area contributed by atoms with Gasteiger partial charge in [0.1, 0.15) is 4.88 Å². The summed E-state index contributed by atoms with van der Waals surface area (Å²) in [5.41, 5.74) is 1.26. The van der Waals surface area contributed by atoms with Crippen LogP contribution in [-0.4, -0.2) is 37.2 Å². The molecule has 0 radical (unpaired) electrons. The number of ether oxygens (including phenoxy) is 1. The van der Waals surface area contributed by atoms with Crippen LogP contribution in [0.3, 0.4) is 0 Å². The molecule has 1 saturated heterocycles. The van der Waals surface area contributed by atoms with E-state index in [1.807, 2.05) is 12.1 Å². The fourth-order valence-electron chi connectivity index (χ4n) is 2.37. The van der Waals surface area contributed by atoms with Crippen molar-refractivity contribution in [2.24, 2.45) is 0 Å². The average molecular weight is 357 g/mol. The Labute approximate surface area is 140 Å². The third-order valence-electron chi connectivity index (χ3n) is 3.54. The molecule has 1 aromatic heterocycles. The molecule has 2 aromatic rings. The molecule has 1 N–H and O–H groups in total. The molecule has 1 amide bonds. The third-order valence-corrected chi connectivity index (χ3v) is 4.37. The molecule has 0 bridgehead atoms. The van der Waals surface area contributed by atoms with E-state index in [0.717, 1.165) is 24.3 Å². The van der Waals surface area contributed by atoms with Gasteiger partial charge in [0.05, 0.1) is 18.7 Å². The van der Waals surface area contributed by atoms with Crippen LogP contribution in [0.1, 0.15) is 15.4 Å². The summed E-state index contributed by atoms with van der Waals surface area (Å²) >= 11 is 0.664. The molecular weight excluding hydrogens is 343 g/mol. The topological polar surface area (TPSA) is 54.5 Å². The number of nitrogens with zero attached hydrogens (tertiary/aromatic N) is 2. The van der Waals surface area contributed by atoms with Gasteiger partial charge in [-0.1, -0.05) is 0 Å². The molecule has 0 aliphatic carbocycles. The predicted octanol–water partition coefficient (Wildman–Crippen LogP) is 3.25. The number of carbonyl (C=O) groups is 1. The fraction of sp³-hybridized carbons (Fsp3) is 0.333. The summed E-state index contributed by atoms with van der Waals surface area (Å²) in [6, 6.07) is 6.96. The molecule has 1 aromatic carbocycles. The SMILES string of the molecule is O=C(Nc1ccc(N2CCOCC2)cc1)c1scnc1C(F)(F)F. The van der Waals surface area contributed by atoms with Gasteiger partial charge >= 0.3 is 6.18 Å². The molecule has 0 atom stereocenters. The lowest BCUT2D eigenvalue weighted by atomic mass is 10.2. The molecule has 3 rings (SSSR count). The van der Waals surface area contributed by atoms with Crippen molar-refractivity contribution < 1.29 is 22.7 Å². The highest BCUT2D eigenvalue weighted by Crippen LogP contribution is 2.33. The van der Waals surface area contributed by atoms with E-state index in [1.165, 1.54) is 0 Å². The number of thiazole rings is 1. The summed E-state index contributed by atoms with van der Waals surface area (Å²) in [4.78, 5) is 17.0. The van der Waals surface area contributed by atoms with E-state index in [1.54, 1.807) is 12.1 Å². The Morgan fingerprint density at radius 1 is 1.21 bits per heavy atom. The number of hydrogen-bond acceptors (Lipinski definition) is 5. The third kappa shape index (κ3) is 3.68. The van der Waals surface area contributed by atoms with Crippen molar-refractivity contribution in [1.29, 1.82) is 0 Å². The van der Waals surface area contributed by atoms with E-state index in [-0.39, 0.29) is 0 Å². The zero-order valence-electron chi connectivity index (χ0n) is 12.5. The van der Waals surface area contributed by atoms with Crippen LogP contribution in [0.5, 0.6) is 0 Å². The number of rotatable bonds is 3. The number of benzene rings is 1. The molecule has 0 spiro atoms. The summed E-state index contributed by atoms with van der Waals surface area (Å²) in [7, 11) is 0. The number of aromatic nitrogens is 1. The number of alkyl halides is 3. The van der Waals surface area contributed by atoms with Crippen molar-refractivity contribution in [2.75, 3.05) is 36.5 Å². The Kier molecular flexibility index (Phi) is 4.72. The van der Waals surface area contributed by atoms with Crippen LogP contribution in [0.4, 0.5) is 24.5 Å². The van der Waals surface area contributed by atoms with Crippen molar-refractivity contribution in [1.82, 2.24) is 4.98 Å². The van der Waals surface area contributed by atoms with Crippen LogP contribution in [0.15, 0.2) is 29.8 Å². The van der Waals surface area contributed by atoms with Gasteiger partial charge in [-0.3, -0.25) is 4.79 Å². The normalized spacial score (nSPS) is 15.4. The first-order valence-electron chi connectivity index (χ1n) is 7.20. The number of anilines is 2. The molecule has 128 valence electrons. The van der Waals surface area contributed by atoms with Crippen LogP contribution in [0.2, 0.25) is 0 Å². The summed E-state index contributed by atoms with van der Waals surface area (Å²) in [5.74, 6) is -0.816. The van der Waals surface area contributed by atoms with Crippen LogP contribution in [-0.2, 0) is 10.9 Å². The lowest BCUT2D eigenvalue weighted by Crippen LogP contribution is -2.36. The lowest BCUT2D eigenvalue weighted by molar-refractivity contribution is -0.141. The smallest absolute Gasteiger partial charge is 0.378 e. The van der Waals surface area contributed by atoms with E-state index in [4.69, 9.17) is 4.74 Å². The Bertz CT molecular complexity index is 709. The number of morpholine rings is 1. The molecular formula is C15H14F3N3O2S. The Morgan fingerprint density at radius 2 is 1.88 bits per heavy atom. The first-order valence-corrected chi connectivity index (χ1v) is 8.08. The van der Waals surface area contributed by atoms with E-state index >= 15 is 0 Å². The highest BCUT2D eigenvalue weighted by molar-refractivity contribution is 7.12. The molecule has 1 aliphatic rings. The minimum atomic E-state index is -4.65. The second-order valence-corrected chi connectivity index (χ2v) is 5.98. The highest BCUT2D eigenvalue weighted by Gasteiger charge is 2.38. The van der Waals surface area contributed by atoms with Crippen LogP contribution in [0, 0.1) is 0 Å². The maximum absolute atomic E-state index is 12.8. The minimum Gasteiger partial charge on any atom is -0.378 e. The van der Waals surface area contributed by atoms with Gasteiger partial charge in [0.25, 0.3) is 5.91 Å². The second-order valence-electron chi connectivity index (χ2n) is 5.13. The number of hydrogen-bond donors (Lipinski definition) is 1. The van der Waals surface area contributed by atoms with Crippen LogP contribution in [0.25, 0.3) is 0 Å². The molecule has 9 heteroatoms. The van der Waals surface area contributed by atoms with E-state index in [0.29, 0.717) is 30.2 Å². The first-order chi connectivity index (χ1) is 11.4. The molecule has 24 heavy (non-hydrogen) atoms. The largest absolute Gasteiger partial charge is 0.434 e. The predicted molar refractivity (Wildman–Crippen MR) is 84.5 cm³/mol. The van der Waals surface area contributed by atoms with Crippen molar-refractivity contribution >= 4 is 28.6 Å². The average Bonchev–Trinajstić information content (AvgIpc) is 3.06. The minimum absolute atomic E-state index is 0.429. The quantitative estimate of drug-likeness (QED) is 0.916. The molecule has 5 nitrogen and oxygen atoms in total. The van der Waals surface area contributed by atoms with E-state index in [2.05, 4.69) is 15.2 Å². The maximum atomic E-state index is 12.8. The van der Waals surface area contributed by atoms with Gasteiger partial charge < -0.3 is 15.0 Å². The fourth-order valence-corrected chi connectivity index (χ4v) is 3.08. The van der Waals surface area contributed by atoms with Gasteiger partial charge in [-0.05, 0) is 24.3 Å². The van der Waals surface area contributed by atoms with Gasteiger partial charge in [-0.15, -0.1) is 11.3 Å². The lowest BCUT2D eigenvalue weighted by Gasteiger charge is -2.28. The summed E-state index contributed by atoms with van der Waals surface area (Å²) in [6.45, 7) is 2.87. The number of halogens is 3. The van der Waals surface area contributed by atoms with Crippen molar-refractivity contribution in [3.05, 3.63) is 40.3 Å². The second kappa shape index (κ2) is 6.78. The van der Waals surface area contributed by atoms with Crippen molar-refractivity contribution in [3.8, 4) is 0 Å². The van der Waals surface area contributed by atoms with Crippen molar-refractivity contribution in [2.45, 2.75) is 6.18 Å². The van der Waals surface area contributed by atoms with Crippen LogP contribution >= 0.6 is 11.3 Å². The zero-order valence-corrected chi connectivity index (χ0v) is 13.3. The van der Waals surface area contributed by atoms with Crippen molar-refractivity contribution in [3.63, 3.8) is 0 Å². The molecule has 1 fully saturated rings. The van der Waals surface area contributed by atoms with Gasteiger partial charge in [-0.25, -0.2) is 4.98 Å². The van der Waals surface area contributed by atoms with E-state index in [9.17, 15) is 18.0 Å². The summed E-state index contributed by atoms with van der Waals surface area (Å²) < 4.78 is 43.6. The Morgan fingerprint density at radius 3 is 2.50 bits per heavy atom. The molecule has 1 aliphatic heterocycles. The maximum Gasteiger partial charge on any atom is 0.434 e. The monoisotopic (exact) mass is 357 g/mol. The summed E-state index contributed by atoms with van der Waals surface area (Å²) in [6.07, 6.45) is -4.65.